The lowest BCUT2D eigenvalue weighted by Crippen LogP contribution is -2.39. The van der Waals surface area contributed by atoms with Crippen LogP contribution in [-0.4, -0.2) is 35.1 Å². The molecule has 0 radical (unpaired) electrons. The van der Waals surface area contributed by atoms with Crippen LogP contribution >= 0.6 is 11.8 Å². The molecule has 0 spiro atoms. The fraction of sp³-hybridized carbons (Fsp3) is 0.632. The number of nitrogens with zero attached hydrogens (tertiary/aromatic N) is 2. The average molecular weight is 362 g/mol. The molecule has 0 aromatic carbocycles. The summed E-state index contributed by atoms with van der Waals surface area (Å²) in [5, 5.41) is 4.02. The Balaban J connectivity index is 1.58. The highest BCUT2D eigenvalue weighted by molar-refractivity contribution is 7.99. The van der Waals surface area contributed by atoms with E-state index in [0.29, 0.717) is 12.6 Å². The number of nitrogens with one attached hydrogen (secondary N) is 1. The van der Waals surface area contributed by atoms with E-state index >= 15 is 0 Å². The summed E-state index contributed by atoms with van der Waals surface area (Å²) >= 11 is 1.70. The Morgan fingerprint density at radius 1 is 1.24 bits per heavy atom. The van der Waals surface area contributed by atoms with Crippen molar-refractivity contribution >= 4 is 29.3 Å². The fourth-order valence-corrected chi connectivity index (χ4v) is 4.81. The summed E-state index contributed by atoms with van der Waals surface area (Å²) in [6.45, 7) is 4.69. The monoisotopic (exact) mass is 361 g/mol. The first-order valence-electron chi connectivity index (χ1n) is 9.25. The number of thioether (sulfide) groups is 1. The van der Waals surface area contributed by atoms with Gasteiger partial charge in [0.05, 0.1) is 5.69 Å². The number of carbonyl (C=O) groups is 2. The van der Waals surface area contributed by atoms with E-state index in [9.17, 15) is 9.59 Å². The molecule has 1 aromatic heterocycles. The van der Waals surface area contributed by atoms with E-state index in [1.807, 2.05) is 24.8 Å². The molecule has 1 saturated carbocycles. The summed E-state index contributed by atoms with van der Waals surface area (Å²) in [6, 6.07) is 2.32. The smallest absolute Gasteiger partial charge is 0.227 e. The zero-order chi connectivity index (χ0) is 17.8. The van der Waals surface area contributed by atoms with Crippen LogP contribution in [0.5, 0.6) is 0 Å². The molecule has 2 aliphatic rings. The molecule has 0 unspecified atom stereocenters. The molecule has 136 valence electrons. The summed E-state index contributed by atoms with van der Waals surface area (Å²) in [6.07, 6.45) is 6.32. The first-order valence-corrected chi connectivity index (χ1v) is 10.2. The van der Waals surface area contributed by atoms with E-state index in [1.165, 1.54) is 19.3 Å². The third-order valence-electron chi connectivity index (χ3n) is 4.94. The molecule has 0 saturated heterocycles. The molecule has 1 N–H and O–H groups in total. The van der Waals surface area contributed by atoms with E-state index in [0.717, 1.165) is 40.6 Å². The Labute approximate surface area is 154 Å². The van der Waals surface area contributed by atoms with Crippen LogP contribution in [0.2, 0.25) is 0 Å². The second kappa shape index (κ2) is 8.21. The van der Waals surface area contributed by atoms with Gasteiger partial charge in [-0.05, 0) is 38.3 Å². The molecule has 2 heterocycles. The van der Waals surface area contributed by atoms with E-state index < -0.39 is 0 Å². The maximum Gasteiger partial charge on any atom is 0.227 e. The van der Waals surface area contributed by atoms with Crippen molar-refractivity contribution in [3.8, 4) is 0 Å². The van der Waals surface area contributed by atoms with Crippen LogP contribution < -0.4 is 10.2 Å². The molecule has 2 amide bonds. The molecular formula is C19H27N3O2S. The van der Waals surface area contributed by atoms with Gasteiger partial charge in [-0.15, -0.1) is 11.8 Å². The van der Waals surface area contributed by atoms with Crippen LogP contribution in [0.25, 0.3) is 0 Å². The van der Waals surface area contributed by atoms with Crippen LogP contribution in [0.4, 0.5) is 5.69 Å². The number of anilines is 1. The van der Waals surface area contributed by atoms with Crippen LogP contribution in [0.3, 0.4) is 0 Å². The number of fused-ring (bicyclic) bond motifs is 1. The summed E-state index contributed by atoms with van der Waals surface area (Å²) in [5.41, 5.74) is 2.99. The van der Waals surface area contributed by atoms with Gasteiger partial charge in [0.15, 0.2) is 0 Å². The highest BCUT2D eigenvalue weighted by atomic mass is 32.2. The number of aromatic nitrogens is 1. The standard InChI is InChI=1S/C19H27N3O2S/c1-13-12-14(2)20-19-18(13)22(10-11-25-19)17(24)9-8-16(23)21-15-6-4-3-5-7-15/h12,15H,3-11H2,1-2H3,(H,21,23). The first-order chi connectivity index (χ1) is 12.0. The topological polar surface area (TPSA) is 62.3 Å². The second-order valence-electron chi connectivity index (χ2n) is 7.03. The quantitative estimate of drug-likeness (QED) is 0.893. The van der Waals surface area contributed by atoms with Gasteiger partial charge < -0.3 is 10.2 Å². The Kier molecular flexibility index (Phi) is 5.99. The molecule has 0 bridgehead atoms. The van der Waals surface area contributed by atoms with Crippen molar-refractivity contribution in [2.75, 3.05) is 17.2 Å². The Morgan fingerprint density at radius 3 is 2.76 bits per heavy atom. The lowest BCUT2D eigenvalue weighted by Gasteiger charge is -2.30. The molecule has 3 rings (SSSR count). The minimum absolute atomic E-state index is 0.00520. The zero-order valence-corrected chi connectivity index (χ0v) is 16.0. The van der Waals surface area contributed by atoms with Gasteiger partial charge in [0.1, 0.15) is 5.03 Å². The van der Waals surface area contributed by atoms with Gasteiger partial charge in [-0.25, -0.2) is 4.98 Å². The van der Waals surface area contributed by atoms with Gasteiger partial charge in [-0.1, -0.05) is 19.3 Å². The number of amides is 2. The van der Waals surface area contributed by atoms with Crippen molar-refractivity contribution in [3.63, 3.8) is 0 Å². The minimum atomic E-state index is 0.00520. The predicted octanol–water partition coefficient (Wildman–Crippen LogP) is 3.37. The highest BCUT2D eigenvalue weighted by Gasteiger charge is 2.26. The van der Waals surface area contributed by atoms with E-state index in [-0.39, 0.29) is 24.7 Å². The summed E-state index contributed by atoms with van der Waals surface area (Å²) < 4.78 is 0. The third-order valence-corrected chi connectivity index (χ3v) is 5.89. The van der Waals surface area contributed by atoms with Crippen molar-refractivity contribution in [1.29, 1.82) is 0 Å². The molecule has 5 nitrogen and oxygen atoms in total. The SMILES string of the molecule is Cc1cc(C)c2c(n1)SCCN2C(=O)CCC(=O)NC1CCCCC1. The van der Waals surface area contributed by atoms with Gasteiger partial charge >= 0.3 is 0 Å². The lowest BCUT2D eigenvalue weighted by atomic mass is 9.95. The maximum atomic E-state index is 12.7. The number of carbonyl (C=O) groups excluding carboxylic acids is 2. The maximum absolute atomic E-state index is 12.7. The van der Waals surface area contributed by atoms with Gasteiger partial charge in [-0.2, -0.15) is 0 Å². The van der Waals surface area contributed by atoms with E-state index in [4.69, 9.17) is 0 Å². The fourth-order valence-electron chi connectivity index (χ4n) is 3.72. The zero-order valence-electron chi connectivity index (χ0n) is 15.1. The Bertz CT molecular complexity index is 656. The van der Waals surface area contributed by atoms with Gasteiger partial charge in [-0.3, -0.25) is 9.59 Å². The molecule has 1 aliphatic carbocycles. The molecule has 1 aliphatic heterocycles. The van der Waals surface area contributed by atoms with Crippen LogP contribution in [0.1, 0.15) is 56.2 Å². The van der Waals surface area contributed by atoms with Crippen molar-refractivity contribution in [1.82, 2.24) is 10.3 Å². The Morgan fingerprint density at radius 2 is 2.00 bits per heavy atom. The Hall–Kier alpha value is -1.56. The van der Waals surface area contributed by atoms with Crippen LogP contribution in [-0.2, 0) is 9.59 Å². The molecule has 0 atom stereocenters. The molecule has 6 heteroatoms. The molecule has 1 fully saturated rings. The van der Waals surface area contributed by atoms with Gasteiger partial charge in [0.25, 0.3) is 0 Å². The predicted molar refractivity (Wildman–Crippen MR) is 101 cm³/mol. The number of pyridine rings is 1. The van der Waals surface area contributed by atoms with Crippen LogP contribution in [0.15, 0.2) is 11.1 Å². The van der Waals surface area contributed by atoms with Crippen molar-refractivity contribution in [2.24, 2.45) is 0 Å². The molecule has 25 heavy (non-hydrogen) atoms. The number of rotatable bonds is 4. The van der Waals surface area contributed by atoms with Crippen molar-refractivity contribution in [3.05, 3.63) is 17.3 Å². The van der Waals surface area contributed by atoms with E-state index in [2.05, 4.69) is 10.3 Å². The van der Waals surface area contributed by atoms with E-state index in [1.54, 1.807) is 11.8 Å². The third kappa shape index (κ3) is 4.54. The molecular weight excluding hydrogens is 334 g/mol. The lowest BCUT2D eigenvalue weighted by molar-refractivity contribution is -0.125. The average Bonchev–Trinajstić information content (AvgIpc) is 2.59. The number of aryl methyl sites for hydroxylation is 2. The highest BCUT2D eigenvalue weighted by Crippen LogP contribution is 2.36. The van der Waals surface area contributed by atoms with Crippen molar-refractivity contribution in [2.45, 2.75) is 69.9 Å². The number of hydrogen-bond acceptors (Lipinski definition) is 4. The normalized spacial score (nSPS) is 17.9. The summed E-state index contributed by atoms with van der Waals surface area (Å²) in [4.78, 5) is 31.3. The van der Waals surface area contributed by atoms with Crippen molar-refractivity contribution < 1.29 is 9.59 Å². The largest absolute Gasteiger partial charge is 0.353 e. The summed E-state index contributed by atoms with van der Waals surface area (Å²) in [7, 11) is 0. The van der Waals surface area contributed by atoms with Gasteiger partial charge in [0.2, 0.25) is 11.8 Å². The number of hydrogen-bond donors (Lipinski definition) is 1. The minimum Gasteiger partial charge on any atom is -0.353 e. The molecule has 1 aromatic rings. The first kappa shape index (κ1) is 18.2. The van der Waals surface area contributed by atoms with Gasteiger partial charge in [0, 0.05) is 36.9 Å². The van der Waals surface area contributed by atoms with Crippen LogP contribution in [0, 0.1) is 13.8 Å². The summed E-state index contributed by atoms with van der Waals surface area (Å²) in [5.74, 6) is 0.878. The second-order valence-corrected chi connectivity index (χ2v) is 8.11.